The van der Waals surface area contributed by atoms with E-state index in [-0.39, 0.29) is 10.8 Å². The highest BCUT2D eigenvalue weighted by Gasteiger charge is 2.50. The third kappa shape index (κ3) is 11.0. The fourth-order valence-corrected chi connectivity index (χ4v) is 12.6. The highest BCUT2D eigenvalue weighted by Crippen LogP contribution is 2.63. The third-order valence-electron chi connectivity index (χ3n) is 16.4. The van der Waals surface area contributed by atoms with Crippen molar-refractivity contribution in [1.82, 2.24) is 0 Å². The van der Waals surface area contributed by atoms with Gasteiger partial charge in [-0.15, -0.1) is 0 Å². The minimum absolute atomic E-state index is 0.235. The molecule has 0 fully saturated rings. The zero-order valence-electron chi connectivity index (χ0n) is 43.0. The minimum atomic E-state index is -0.235. The van der Waals surface area contributed by atoms with E-state index in [1.165, 1.54) is 211 Å². The predicted molar refractivity (Wildman–Crippen MR) is 290 cm³/mol. The highest BCUT2D eigenvalue weighted by molar-refractivity contribution is 5.96. The van der Waals surface area contributed by atoms with Crippen molar-refractivity contribution < 1.29 is 0 Å². The Morgan fingerprint density at radius 2 is 0.591 bits per heavy atom. The van der Waals surface area contributed by atoms with E-state index in [0.717, 1.165) is 12.8 Å². The van der Waals surface area contributed by atoms with Crippen LogP contribution in [0, 0.1) is 0 Å². The molecule has 0 amide bonds. The molecule has 0 radical (unpaired) electrons. The molecule has 66 heavy (non-hydrogen) atoms. The summed E-state index contributed by atoms with van der Waals surface area (Å²) in [5.41, 5.74) is 21.1. The number of unbranched alkanes of at least 4 members (excludes halogenated alkanes) is 20. The van der Waals surface area contributed by atoms with Crippen LogP contribution in [0.1, 0.15) is 251 Å². The Kier molecular flexibility index (Phi) is 18.9. The molecule has 2 aliphatic carbocycles. The molecule has 0 saturated carbocycles. The van der Waals surface area contributed by atoms with Crippen LogP contribution in [0.3, 0.4) is 0 Å². The fourth-order valence-electron chi connectivity index (χ4n) is 12.6. The third-order valence-corrected chi connectivity index (χ3v) is 16.4. The maximum absolute atomic E-state index is 2.61. The molecule has 2 aliphatic rings. The molecule has 2 unspecified atom stereocenters. The SMILES string of the molecule is CCCCCCCCCCc1ccc(C2(C)c3ccccc3-c3c(CCCCCC)c4c(c(CCCCCC)c32)-c2ccccc2C4(C)c2ccc(CCCCCCCCCC)cc2)cc1. The van der Waals surface area contributed by atoms with Crippen LogP contribution in [-0.4, -0.2) is 0 Å². The Balaban J connectivity index is 1.32. The van der Waals surface area contributed by atoms with Crippen LogP contribution in [0.2, 0.25) is 0 Å². The average molecular weight is 883 g/mol. The largest absolute Gasteiger partial charge is 0.0654 e. The number of aryl methyl sites for hydroxylation is 2. The zero-order valence-corrected chi connectivity index (χ0v) is 43.0. The molecule has 0 N–H and O–H groups in total. The summed E-state index contributed by atoms with van der Waals surface area (Å²) in [5.74, 6) is 0. The number of benzene rings is 5. The van der Waals surface area contributed by atoms with Gasteiger partial charge in [-0.05, 0) is 143 Å². The van der Waals surface area contributed by atoms with Gasteiger partial charge in [0.05, 0.1) is 0 Å². The van der Waals surface area contributed by atoms with E-state index in [1.54, 1.807) is 33.4 Å². The molecule has 0 nitrogen and oxygen atoms in total. The molecule has 7 rings (SSSR count). The first-order valence-corrected chi connectivity index (χ1v) is 28.0. The molecule has 5 aromatic rings. The van der Waals surface area contributed by atoms with Crippen LogP contribution in [0.5, 0.6) is 0 Å². The molecule has 0 saturated heterocycles. The van der Waals surface area contributed by atoms with Gasteiger partial charge in [-0.3, -0.25) is 0 Å². The zero-order chi connectivity index (χ0) is 46.2. The monoisotopic (exact) mass is 883 g/mol. The number of fused-ring (bicyclic) bond motifs is 6. The van der Waals surface area contributed by atoms with Gasteiger partial charge in [-0.1, -0.05) is 253 Å². The van der Waals surface area contributed by atoms with Crippen molar-refractivity contribution in [3.8, 4) is 22.3 Å². The molecule has 0 heterocycles. The Morgan fingerprint density at radius 1 is 0.303 bits per heavy atom. The molecule has 354 valence electrons. The van der Waals surface area contributed by atoms with Crippen LogP contribution in [-0.2, 0) is 36.5 Å². The second kappa shape index (κ2) is 24.9. The molecule has 0 bridgehead atoms. The van der Waals surface area contributed by atoms with Gasteiger partial charge >= 0.3 is 0 Å². The quantitative estimate of drug-likeness (QED) is 0.0403. The summed E-state index contributed by atoms with van der Waals surface area (Å²) in [7, 11) is 0. The smallest absolute Gasteiger partial charge is 0.0438 e. The summed E-state index contributed by atoms with van der Waals surface area (Å²) in [6, 6.07) is 39.4. The van der Waals surface area contributed by atoms with E-state index in [0.29, 0.717) is 0 Å². The second-order valence-corrected chi connectivity index (χ2v) is 21.3. The number of rotatable bonds is 30. The Hall–Kier alpha value is -3.90. The van der Waals surface area contributed by atoms with Crippen molar-refractivity contribution in [3.63, 3.8) is 0 Å². The molecule has 0 spiro atoms. The molecular formula is C66H90. The maximum atomic E-state index is 2.61. The minimum Gasteiger partial charge on any atom is -0.0654 e. The summed E-state index contributed by atoms with van der Waals surface area (Å²) in [6.45, 7) is 14.6. The van der Waals surface area contributed by atoms with E-state index in [4.69, 9.17) is 0 Å². The van der Waals surface area contributed by atoms with Gasteiger partial charge in [0.1, 0.15) is 0 Å². The van der Waals surface area contributed by atoms with Crippen LogP contribution >= 0.6 is 0 Å². The van der Waals surface area contributed by atoms with Crippen LogP contribution in [0.25, 0.3) is 22.3 Å². The molecular weight excluding hydrogens is 793 g/mol. The summed E-state index contributed by atoms with van der Waals surface area (Å²) in [5, 5.41) is 0. The Morgan fingerprint density at radius 3 is 0.939 bits per heavy atom. The molecule has 2 atom stereocenters. The molecule has 5 aromatic carbocycles. The van der Waals surface area contributed by atoms with Crippen LogP contribution in [0.4, 0.5) is 0 Å². The Bertz CT molecular complexity index is 2070. The van der Waals surface area contributed by atoms with Crippen molar-refractivity contribution in [2.45, 2.75) is 232 Å². The van der Waals surface area contributed by atoms with Gasteiger partial charge in [0.15, 0.2) is 0 Å². The molecule has 0 aromatic heterocycles. The lowest BCUT2D eigenvalue weighted by atomic mass is 9.67. The van der Waals surface area contributed by atoms with Gasteiger partial charge in [-0.2, -0.15) is 0 Å². The van der Waals surface area contributed by atoms with E-state index in [1.807, 2.05) is 0 Å². The van der Waals surface area contributed by atoms with Gasteiger partial charge in [-0.25, -0.2) is 0 Å². The molecule has 0 heteroatoms. The second-order valence-electron chi connectivity index (χ2n) is 21.3. The summed E-state index contributed by atoms with van der Waals surface area (Å²) < 4.78 is 0. The van der Waals surface area contributed by atoms with Gasteiger partial charge in [0.25, 0.3) is 0 Å². The number of hydrogen-bond donors (Lipinski definition) is 0. The van der Waals surface area contributed by atoms with E-state index in [9.17, 15) is 0 Å². The number of hydrogen-bond acceptors (Lipinski definition) is 0. The van der Waals surface area contributed by atoms with E-state index >= 15 is 0 Å². The highest BCUT2D eigenvalue weighted by atomic mass is 14.5. The van der Waals surface area contributed by atoms with Crippen molar-refractivity contribution >= 4 is 0 Å². The van der Waals surface area contributed by atoms with Crippen molar-refractivity contribution in [2.75, 3.05) is 0 Å². The summed E-state index contributed by atoms with van der Waals surface area (Å²) in [4.78, 5) is 0. The molecule has 0 aliphatic heterocycles. The van der Waals surface area contributed by atoms with Crippen molar-refractivity contribution in [1.29, 1.82) is 0 Å². The van der Waals surface area contributed by atoms with Crippen molar-refractivity contribution in [3.05, 3.63) is 153 Å². The van der Waals surface area contributed by atoms with E-state index < -0.39 is 0 Å². The van der Waals surface area contributed by atoms with Gasteiger partial charge in [0, 0.05) is 10.8 Å². The van der Waals surface area contributed by atoms with E-state index in [2.05, 4.69) is 139 Å². The maximum Gasteiger partial charge on any atom is 0.0438 e. The standard InChI is InChI=1S/C66H90/c1-7-11-15-19-21-23-25-27-35-51-43-47-53(48-44-51)65(5)59-41-33-31-37-55(59)61-58(40-30-18-14-10-4)64-62(57(63(61)65)39-29-17-13-9-3)56-38-32-34-42-60(56)66(64,6)54-49-45-52(46-50-54)36-28-26-24-22-20-16-12-8-2/h31-34,37-38,41-50H,7-30,35-36,39-40H2,1-6H3. The Labute approximate surface area is 405 Å². The lowest BCUT2D eigenvalue weighted by Gasteiger charge is -2.35. The van der Waals surface area contributed by atoms with Gasteiger partial charge in [0.2, 0.25) is 0 Å². The first kappa shape index (κ1) is 50.0. The summed E-state index contributed by atoms with van der Waals surface area (Å²) in [6.07, 6.45) is 36.7. The lowest BCUT2D eigenvalue weighted by molar-refractivity contribution is 0.575. The first-order valence-electron chi connectivity index (χ1n) is 28.0. The normalized spacial score (nSPS) is 16.9. The van der Waals surface area contributed by atoms with Gasteiger partial charge < -0.3 is 0 Å². The predicted octanol–water partition coefficient (Wildman–Crippen LogP) is 20.0. The fraction of sp³-hybridized carbons (Fsp3) is 0.545. The lowest BCUT2D eigenvalue weighted by Crippen LogP contribution is -2.27. The first-order chi connectivity index (χ1) is 32.4. The van der Waals surface area contributed by atoms with Crippen LogP contribution in [0.15, 0.2) is 97.1 Å². The summed E-state index contributed by atoms with van der Waals surface area (Å²) >= 11 is 0. The average Bonchev–Trinajstić information content (AvgIpc) is 3.78. The van der Waals surface area contributed by atoms with Crippen LogP contribution < -0.4 is 0 Å². The topological polar surface area (TPSA) is 0 Å². The van der Waals surface area contributed by atoms with Crippen molar-refractivity contribution in [2.24, 2.45) is 0 Å².